The molecule has 1 aromatic rings. The van der Waals surface area contributed by atoms with Gasteiger partial charge in [0.05, 0.1) is 13.3 Å². The monoisotopic (exact) mass is 237 g/mol. The van der Waals surface area contributed by atoms with E-state index in [4.69, 9.17) is 4.74 Å². The van der Waals surface area contributed by atoms with Crippen LogP contribution in [-0.2, 0) is 4.79 Å². The summed E-state index contributed by atoms with van der Waals surface area (Å²) in [6.07, 6.45) is 2.07. The highest BCUT2D eigenvalue weighted by Gasteiger charge is 2.02. The molecule has 17 heavy (non-hydrogen) atoms. The number of nitrogens with one attached hydrogen (secondary N) is 2. The molecule has 1 rings (SSSR count). The van der Waals surface area contributed by atoms with Gasteiger partial charge in [0.25, 0.3) is 0 Å². The largest absolute Gasteiger partial charge is 0.495 e. The first-order valence-electron chi connectivity index (χ1n) is 5.65. The van der Waals surface area contributed by atoms with Gasteiger partial charge in [-0.25, -0.2) is 4.98 Å². The van der Waals surface area contributed by atoms with Crippen LogP contribution in [0.1, 0.15) is 20.3 Å². The van der Waals surface area contributed by atoms with Crippen LogP contribution in [0, 0.1) is 0 Å². The summed E-state index contributed by atoms with van der Waals surface area (Å²) in [4.78, 5) is 15.5. The first-order valence-corrected chi connectivity index (χ1v) is 5.65. The van der Waals surface area contributed by atoms with Crippen molar-refractivity contribution in [2.45, 2.75) is 26.3 Å². The Bertz CT molecular complexity index is 349. The van der Waals surface area contributed by atoms with Crippen molar-refractivity contribution in [1.82, 2.24) is 10.3 Å². The molecule has 94 valence electrons. The number of anilines is 1. The van der Waals surface area contributed by atoms with Crippen molar-refractivity contribution in [3.05, 3.63) is 18.3 Å². The van der Waals surface area contributed by atoms with Crippen molar-refractivity contribution in [2.24, 2.45) is 0 Å². The van der Waals surface area contributed by atoms with Crippen LogP contribution in [0.25, 0.3) is 0 Å². The maximum Gasteiger partial charge on any atom is 0.221 e. The molecule has 0 aliphatic carbocycles. The SMILES string of the molecule is COc1ccc(NCCC(=O)NC(C)C)nc1. The smallest absolute Gasteiger partial charge is 0.221 e. The van der Waals surface area contributed by atoms with Crippen molar-refractivity contribution in [1.29, 1.82) is 0 Å². The van der Waals surface area contributed by atoms with Crippen molar-refractivity contribution in [2.75, 3.05) is 19.0 Å². The second-order valence-electron chi connectivity index (χ2n) is 3.98. The van der Waals surface area contributed by atoms with Gasteiger partial charge in [-0.3, -0.25) is 4.79 Å². The fourth-order valence-electron chi connectivity index (χ4n) is 1.30. The van der Waals surface area contributed by atoms with E-state index in [1.807, 2.05) is 26.0 Å². The lowest BCUT2D eigenvalue weighted by molar-refractivity contribution is -0.121. The van der Waals surface area contributed by atoms with Gasteiger partial charge in [-0.1, -0.05) is 0 Å². The maximum absolute atomic E-state index is 11.4. The van der Waals surface area contributed by atoms with E-state index in [-0.39, 0.29) is 11.9 Å². The fourth-order valence-corrected chi connectivity index (χ4v) is 1.30. The zero-order chi connectivity index (χ0) is 12.7. The lowest BCUT2D eigenvalue weighted by Crippen LogP contribution is -2.31. The standard InChI is InChI=1S/C12H19N3O2/c1-9(2)15-12(16)6-7-13-11-5-4-10(17-3)8-14-11/h4-5,8-9H,6-7H2,1-3H3,(H,13,14)(H,15,16). The molecule has 0 saturated heterocycles. The van der Waals surface area contributed by atoms with Gasteiger partial charge in [0.1, 0.15) is 11.6 Å². The average Bonchev–Trinajstić information content (AvgIpc) is 2.29. The van der Waals surface area contributed by atoms with Crippen molar-refractivity contribution in [3.8, 4) is 5.75 Å². The minimum absolute atomic E-state index is 0.0426. The summed E-state index contributed by atoms with van der Waals surface area (Å²) in [5, 5.41) is 5.90. The molecular formula is C12H19N3O2. The second kappa shape index (κ2) is 6.73. The molecule has 0 spiro atoms. The summed E-state index contributed by atoms with van der Waals surface area (Å²) in [6, 6.07) is 3.82. The van der Waals surface area contributed by atoms with E-state index in [1.54, 1.807) is 13.3 Å². The third-order valence-corrected chi connectivity index (χ3v) is 2.08. The predicted molar refractivity (Wildman–Crippen MR) is 67.2 cm³/mol. The van der Waals surface area contributed by atoms with E-state index in [1.165, 1.54) is 0 Å². The number of aromatic nitrogens is 1. The van der Waals surface area contributed by atoms with Gasteiger partial charge in [-0.05, 0) is 26.0 Å². The summed E-state index contributed by atoms with van der Waals surface area (Å²) in [6.45, 7) is 4.45. The van der Waals surface area contributed by atoms with Gasteiger partial charge < -0.3 is 15.4 Å². The van der Waals surface area contributed by atoms with Gasteiger partial charge in [0.2, 0.25) is 5.91 Å². The molecule has 0 bridgehead atoms. The molecule has 1 amide bonds. The number of rotatable bonds is 6. The van der Waals surface area contributed by atoms with Gasteiger partial charge in [-0.2, -0.15) is 0 Å². The van der Waals surface area contributed by atoms with E-state index in [0.29, 0.717) is 18.7 Å². The lowest BCUT2D eigenvalue weighted by atomic mass is 10.3. The Labute approximate surface area is 102 Å². The third-order valence-electron chi connectivity index (χ3n) is 2.08. The molecule has 5 nitrogen and oxygen atoms in total. The fraction of sp³-hybridized carbons (Fsp3) is 0.500. The summed E-state index contributed by atoms with van der Waals surface area (Å²) in [5.41, 5.74) is 0. The number of carbonyl (C=O) groups excluding carboxylic acids is 1. The third kappa shape index (κ3) is 5.19. The summed E-state index contributed by atoms with van der Waals surface area (Å²) in [7, 11) is 1.60. The number of hydrogen-bond acceptors (Lipinski definition) is 4. The first-order chi connectivity index (χ1) is 8.11. The molecule has 0 saturated carbocycles. The van der Waals surface area contributed by atoms with Crippen LogP contribution in [0.4, 0.5) is 5.82 Å². The Kier molecular flexibility index (Phi) is 5.26. The van der Waals surface area contributed by atoms with Crippen LogP contribution < -0.4 is 15.4 Å². The highest BCUT2D eigenvalue weighted by Crippen LogP contribution is 2.10. The topological polar surface area (TPSA) is 63.2 Å². The van der Waals surface area contributed by atoms with Gasteiger partial charge in [0, 0.05) is 19.0 Å². The molecule has 0 fully saturated rings. The molecular weight excluding hydrogens is 218 g/mol. The Hall–Kier alpha value is -1.78. The van der Waals surface area contributed by atoms with E-state index >= 15 is 0 Å². The summed E-state index contributed by atoms with van der Waals surface area (Å²) in [5.74, 6) is 1.50. The number of amides is 1. The predicted octanol–water partition coefficient (Wildman–Crippen LogP) is 1.42. The molecule has 0 aromatic carbocycles. The van der Waals surface area contributed by atoms with Crippen LogP contribution in [0.5, 0.6) is 5.75 Å². The van der Waals surface area contributed by atoms with E-state index in [2.05, 4.69) is 15.6 Å². The number of methoxy groups -OCH3 is 1. The zero-order valence-electron chi connectivity index (χ0n) is 10.5. The van der Waals surface area contributed by atoms with Crippen molar-refractivity contribution < 1.29 is 9.53 Å². The summed E-state index contributed by atoms with van der Waals surface area (Å²) >= 11 is 0. The first kappa shape index (κ1) is 13.3. The van der Waals surface area contributed by atoms with Crippen LogP contribution in [0.3, 0.4) is 0 Å². The molecule has 2 N–H and O–H groups in total. The molecule has 0 atom stereocenters. The Morgan fingerprint density at radius 1 is 1.47 bits per heavy atom. The molecule has 5 heteroatoms. The molecule has 0 radical (unpaired) electrons. The quantitative estimate of drug-likeness (QED) is 0.785. The Balaban J connectivity index is 2.28. The van der Waals surface area contributed by atoms with Crippen LogP contribution >= 0.6 is 0 Å². The number of ether oxygens (including phenoxy) is 1. The van der Waals surface area contributed by atoms with Gasteiger partial charge >= 0.3 is 0 Å². The number of pyridine rings is 1. The molecule has 0 aliphatic heterocycles. The molecule has 1 heterocycles. The lowest BCUT2D eigenvalue weighted by Gasteiger charge is -2.09. The van der Waals surface area contributed by atoms with Crippen LogP contribution in [0.2, 0.25) is 0 Å². The molecule has 0 aliphatic rings. The summed E-state index contributed by atoms with van der Waals surface area (Å²) < 4.78 is 5.00. The molecule has 1 aromatic heterocycles. The highest BCUT2D eigenvalue weighted by atomic mass is 16.5. The maximum atomic E-state index is 11.4. The van der Waals surface area contributed by atoms with Gasteiger partial charge in [0.15, 0.2) is 0 Å². The van der Waals surface area contributed by atoms with E-state index < -0.39 is 0 Å². The second-order valence-corrected chi connectivity index (χ2v) is 3.98. The number of carbonyl (C=O) groups is 1. The highest BCUT2D eigenvalue weighted by molar-refractivity contribution is 5.76. The van der Waals surface area contributed by atoms with E-state index in [9.17, 15) is 4.79 Å². The normalized spacial score (nSPS) is 10.1. The zero-order valence-corrected chi connectivity index (χ0v) is 10.5. The minimum Gasteiger partial charge on any atom is -0.495 e. The Morgan fingerprint density at radius 2 is 2.24 bits per heavy atom. The van der Waals surface area contributed by atoms with Crippen LogP contribution in [-0.4, -0.2) is 30.6 Å². The minimum atomic E-state index is 0.0426. The average molecular weight is 237 g/mol. The molecule has 0 unspecified atom stereocenters. The van der Waals surface area contributed by atoms with Crippen molar-refractivity contribution >= 4 is 11.7 Å². The number of hydrogen-bond donors (Lipinski definition) is 2. The van der Waals surface area contributed by atoms with Gasteiger partial charge in [-0.15, -0.1) is 0 Å². The van der Waals surface area contributed by atoms with Crippen molar-refractivity contribution in [3.63, 3.8) is 0 Å². The number of nitrogens with zero attached hydrogens (tertiary/aromatic N) is 1. The van der Waals surface area contributed by atoms with Crippen LogP contribution in [0.15, 0.2) is 18.3 Å². The Morgan fingerprint density at radius 3 is 2.76 bits per heavy atom. The van der Waals surface area contributed by atoms with E-state index in [0.717, 1.165) is 5.82 Å².